The summed E-state index contributed by atoms with van der Waals surface area (Å²) in [6.07, 6.45) is 0.533. The van der Waals surface area contributed by atoms with E-state index in [4.69, 9.17) is 4.42 Å². The standard InChI is InChI=1S/C14H14BrF2NO/c1-2-18-12(13-5-6-14(15)19-13)8-9-3-4-10(16)11(17)7-9/h3-7,12,18H,2,8H2,1H3. The second kappa shape index (κ2) is 6.30. The zero-order valence-corrected chi connectivity index (χ0v) is 12.0. The Labute approximate surface area is 118 Å². The second-order valence-electron chi connectivity index (χ2n) is 4.20. The highest BCUT2D eigenvalue weighted by molar-refractivity contribution is 9.10. The van der Waals surface area contributed by atoms with Gasteiger partial charge in [0.1, 0.15) is 5.76 Å². The molecule has 102 valence electrons. The molecule has 0 spiro atoms. The topological polar surface area (TPSA) is 25.2 Å². The largest absolute Gasteiger partial charge is 0.453 e. The fourth-order valence-electron chi connectivity index (χ4n) is 1.94. The molecular formula is C14H14BrF2NO. The van der Waals surface area contributed by atoms with E-state index in [2.05, 4.69) is 21.2 Å². The summed E-state index contributed by atoms with van der Waals surface area (Å²) in [5.41, 5.74) is 0.720. The fourth-order valence-corrected chi connectivity index (χ4v) is 2.26. The lowest BCUT2D eigenvalue weighted by molar-refractivity contribution is 0.404. The van der Waals surface area contributed by atoms with Crippen LogP contribution in [0.3, 0.4) is 0 Å². The van der Waals surface area contributed by atoms with Crippen molar-refractivity contribution in [2.45, 2.75) is 19.4 Å². The van der Waals surface area contributed by atoms with Gasteiger partial charge in [0.2, 0.25) is 0 Å². The molecule has 0 aliphatic heterocycles. The van der Waals surface area contributed by atoms with Crippen LogP contribution in [0.25, 0.3) is 0 Å². The molecule has 0 saturated heterocycles. The molecule has 0 bridgehead atoms. The lowest BCUT2D eigenvalue weighted by Gasteiger charge is -2.15. The molecule has 1 heterocycles. The van der Waals surface area contributed by atoms with Crippen molar-refractivity contribution in [3.8, 4) is 0 Å². The molecule has 2 aromatic rings. The molecule has 0 aliphatic rings. The lowest BCUT2D eigenvalue weighted by atomic mass is 10.0. The van der Waals surface area contributed by atoms with Crippen molar-refractivity contribution in [3.05, 3.63) is 58.0 Å². The molecule has 1 aromatic heterocycles. The van der Waals surface area contributed by atoms with Gasteiger partial charge in [0.15, 0.2) is 16.3 Å². The third-order valence-corrected chi connectivity index (χ3v) is 3.24. The molecule has 0 radical (unpaired) electrons. The van der Waals surface area contributed by atoms with Crippen LogP contribution in [0.2, 0.25) is 0 Å². The predicted molar refractivity (Wildman–Crippen MR) is 72.9 cm³/mol. The number of benzene rings is 1. The van der Waals surface area contributed by atoms with Gasteiger partial charge in [-0.2, -0.15) is 0 Å². The fraction of sp³-hybridized carbons (Fsp3) is 0.286. The van der Waals surface area contributed by atoms with E-state index in [0.29, 0.717) is 11.1 Å². The van der Waals surface area contributed by atoms with E-state index in [1.54, 1.807) is 6.07 Å². The molecule has 1 unspecified atom stereocenters. The van der Waals surface area contributed by atoms with E-state index < -0.39 is 11.6 Å². The predicted octanol–water partition coefficient (Wildman–Crippen LogP) is 4.21. The highest BCUT2D eigenvalue weighted by atomic mass is 79.9. The molecule has 0 amide bonds. The van der Waals surface area contributed by atoms with E-state index in [-0.39, 0.29) is 6.04 Å². The van der Waals surface area contributed by atoms with Crippen LogP contribution in [0.15, 0.2) is 39.4 Å². The smallest absolute Gasteiger partial charge is 0.169 e. The summed E-state index contributed by atoms with van der Waals surface area (Å²) in [5.74, 6) is -0.892. The Hall–Kier alpha value is -1.20. The first-order chi connectivity index (χ1) is 9.10. The van der Waals surface area contributed by atoms with Crippen LogP contribution >= 0.6 is 15.9 Å². The molecule has 1 atom stereocenters. The maximum Gasteiger partial charge on any atom is 0.169 e. The highest BCUT2D eigenvalue weighted by Crippen LogP contribution is 2.24. The Bertz CT molecular complexity index is 556. The molecule has 2 nitrogen and oxygen atoms in total. The number of furan rings is 1. The van der Waals surface area contributed by atoms with Gasteiger partial charge in [-0.1, -0.05) is 13.0 Å². The molecular weight excluding hydrogens is 316 g/mol. The summed E-state index contributed by atoms with van der Waals surface area (Å²) in [4.78, 5) is 0. The first-order valence-electron chi connectivity index (χ1n) is 6.02. The van der Waals surface area contributed by atoms with Gasteiger partial charge < -0.3 is 9.73 Å². The van der Waals surface area contributed by atoms with E-state index >= 15 is 0 Å². The van der Waals surface area contributed by atoms with Crippen LogP contribution in [0.5, 0.6) is 0 Å². The normalized spacial score (nSPS) is 12.6. The molecule has 2 rings (SSSR count). The van der Waals surface area contributed by atoms with Gasteiger partial charge in [0, 0.05) is 0 Å². The lowest BCUT2D eigenvalue weighted by Crippen LogP contribution is -2.22. The van der Waals surface area contributed by atoms with Crippen molar-refractivity contribution < 1.29 is 13.2 Å². The van der Waals surface area contributed by atoms with Gasteiger partial charge in [0.25, 0.3) is 0 Å². The average molecular weight is 330 g/mol. The van der Waals surface area contributed by atoms with Crippen LogP contribution in [0.4, 0.5) is 8.78 Å². The zero-order chi connectivity index (χ0) is 13.8. The minimum absolute atomic E-state index is 0.0684. The third kappa shape index (κ3) is 3.64. The second-order valence-corrected chi connectivity index (χ2v) is 4.99. The summed E-state index contributed by atoms with van der Waals surface area (Å²) in [5, 5.41) is 3.26. The Balaban J connectivity index is 2.18. The van der Waals surface area contributed by atoms with Gasteiger partial charge in [0.05, 0.1) is 6.04 Å². The molecule has 19 heavy (non-hydrogen) atoms. The van der Waals surface area contributed by atoms with Crippen LogP contribution in [0.1, 0.15) is 24.3 Å². The minimum Gasteiger partial charge on any atom is -0.453 e. The van der Waals surface area contributed by atoms with Crippen LogP contribution < -0.4 is 5.32 Å². The van der Waals surface area contributed by atoms with Crippen molar-refractivity contribution in [2.75, 3.05) is 6.54 Å². The van der Waals surface area contributed by atoms with Crippen molar-refractivity contribution in [2.24, 2.45) is 0 Å². The Morgan fingerprint density at radius 2 is 2.00 bits per heavy atom. The first-order valence-corrected chi connectivity index (χ1v) is 6.82. The number of likely N-dealkylation sites (N-methyl/N-ethyl adjacent to an activating group) is 1. The summed E-state index contributed by atoms with van der Waals surface area (Å²) < 4.78 is 32.3. The van der Waals surface area contributed by atoms with Gasteiger partial charge >= 0.3 is 0 Å². The zero-order valence-electron chi connectivity index (χ0n) is 10.4. The van der Waals surface area contributed by atoms with Crippen LogP contribution in [0, 0.1) is 11.6 Å². The first kappa shape index (κ1) is 14.2. The van der Waals surface area contributed by atoms with Gasteiger partial charge in [-0.3, -0.25) is 0 Å². The summed E-state index contributed by atoms with van der Waals surface area (Å²) >= 11 is 3.25. The Morgan fingerprint density at radius 3 is 2.58 bits per heavy atom. The summed E-state index contributed by atoms with van der Waals surface area (Å²) in [6.45, 7) is 2.74. The summed E-state index contributed by atoms with van der Waals surface area (Å²) in [6, 6.07) is 7.55. The number of rotatable bonds is 5. The molecule has 1 N–H and O–H groups in total. The minimum atomic E-state index is -0.829. The summed E-state index contributed by atoms with van der Waals surface area (Å²) in [7, 11) is 0. The molecule has 0 fully saturated rings. The Morgan fingerprint density at radius 1 is 1.21 bits per heavy atom. The molecule has 5 heteroatoms. The van der Waals surface area contributed by atoms with E-state index in [1.807, 2.05) is 19.1 Å². The quantitative estimate of drug-likeness (QED) is 0.888. The SMILES string of the molecule is CCNC(Cc1ccc(F)c(F)c1)c1ccc(Br)o1. The van der Waals surface area contributed by atoms with Crippen molar-refractivity contribution in [1.29, 1.82) is 0 Å². The third-order valence-electron chi connectivity index (χ3n) is 2.81. The van der Waals surface area contributed by atoms with Crippen LogP contribution in [-0.2, 0) is 6.42 Å². The monoisotopic (exact) mass is 329 g/mol. The van der Waals surface area contributed by atoms with Gasteiger partial charge in [-0.15, -0.1) is 0 Å². The number of hydrogen-bond donors (Lipinski definition) is 1. The number of hydrogen-bond acceptors (Lipinski definition) is 2. The van der Waals surface area contributed by atoms with Crippen molar-refractivity contribution in [3.63, 3.8) is 0 Å². The van der Waals surface area contributed by atoms with E-state index in [1.165, 1.54) is 6.07 Å². The maximum atomic E-state index is 13.2. The number of halogens is 3. The van der Waals surface area contributed by atoms with Crippen LogP contribution in [-0.4, -0.2) is 6.54 Å². The molecule has 0 saturated carbocycles. The van der Waals surface area contributed by atoms with E-state index in [9.17, 15) is 8.78 Å². The van der Waals surface area contributed by atoms with Gasteiger partial charge in [-0.05, 0) is 58.7 Å². The number of nitrogens with one attached hydrogen (secondary N) is 1. The van der Waals surface area contributed by atoms with Crippen molar-refractivity contribution >= 4 is 15.9 Å². The molecule has 1 aromatic carbocycles. The average Bonchev–Trinajstić information content (AvgIpc) is 2.80. The molecule has 0 aliphatic carbocycles. The van der Waals surface area contributed by atoms with Crippen molar-refractivity contribution in [1.82, 2.24) is 5.32 Å². The maximum absolute atomic E-state index is 13.2. The Kier molecular flexibility index (Phi) is 4.71. The highest BCUT2D eigenvalue weighted by Gasteiger charge is 2.16. The van der Waals surface area contributed by atoms with Gasteiger partial charge in [-0.25, -0.2) is 8.78 Å². The van der Waals surface area contributed by atoms with E-state index in [0.717, 1.165) is 23.9 Å².